The van der Waals surface area contributed by atoms with Gasteiger partial charge in [-0.2, -0.15) is 0 Å². The van der Waals surface area contributed by atoms with Gasteiger partial charge in [0.15, 0.2) is 6.29 Å². The maximum Gasteiger partial charge on any atom is 0.184 e. The quantitative estimate of drug-likeness (QED) is 0.293. The monoisotopic (exact) mass is 254 g/mol. The Bertz CT molecular complexity index is 225. The van der Waals surface area contributed by atoms with Gasteiger partial charge in [-0.3, -0.25) is 0 Å². The molecule has 1 aliphatic heterocycles. The summed E-state index contributed by atoms with van der Waals surface area (Å²) in [6.07, 6.45) is -7.89. The smallest absolute Gasteiger partial charge is 0.184 e. The number of hydrogen-bond acceptors (Lipinski definition) is 8. The van der Waals surface area contributed by atoms with E-state index >= 15 is 0 Å². The topological polar surface area (TPSA) is 140 Å². The summed E-state index contributed by atoms with van der Waals surface area (Å²) in [5.41, 5.74) is 0. The molecule has 8 nitrogen and oxygen atoms in total. The van der Waals surface area contributed by atoms with Crippen LogP contribution in [0.5, 0.6) is 0 Å². The van der Waals surface area contributed by atoms with Crippen molar-refractivity contribution in [3.8, 4) is 0 Å². The molecule has 17 heavy (non-hydrogen) atoms. The first-order chi connectivity index (χ1) is 8.01. The van der Waals surface area contributed by atoms with Crippen molar-refractivity contribution < 1.29 is 40.1 Å². The van der Waals surface area contributed by atoms with E-state index in [-0.39, 0.29) is 6.61 Å². The first-order valence-corrected chi connectivity index (χ1v) is 5.22. The number of aliphatic hydroxyl groups excluding tert-OH is 6. The Kier molecular flexibility index (Phi) is 5.70. The van der Waals surface area contributed by atoms with Crippen molar-refractivity contribution in [3.05, 3.63) is 0 Å². The molecule has 0 bridgehead atoms. The van der Waals surface area contributed by atoms with Crippen LogP contribution in [-0.2, 0) is 9.47 Å². The second kappa shape index (κ2) is 6.57. The molecule has 0 aromatic carbocycles. The minimum Gasteiger partial charge on any atom is -0.394 e. The molecule has 0 aromatic heterocycles. The second-order valence-corrected chi connectivity index (χ2v) is 3.86. The van der Waals surface area contributed by atoms with Gasteiger partial charge in [0.2, 0.25) is 0 Å². The molecule has 1 unspecified atom stereocenters. The zero-order valence-electron chi connectivity index (χ0n) is 9.09. The van der Waals surface area contributed by atoms with Crippen molar-refractivity contribution >= 4 is 0 Å². The van der Waals surface area contributed by atoms with Gasteiger partial charge in [0, 0.05) is 0 Å². The lowest BCUT2D eigenvalue weighted by atomic mass is 9.99. The fourth-order valence-electron chi connectivity index (χ4n) is 1.53. The van der Waals surface area contributed by atoms with E-state index in [1.54, 1.807) is 0 Å². The Balaban J connectivity index is 2.54. The first-order valence-electron chi connectivity index (χ1n) is 5.22. The lowest BCUT2D eigenvalue weighted by molar-refractivity contribution is -0.299. The van der Waals surface area contributed by atoms with Crippen LogP contribution >= 0.6 is 0 Å². The molecule has 0 aliphatic carbocycles. The molecule has 1 rings (SSSR count). The summed E-state index contributed by atoms with van der Waals surface area (Å²) in [6, 6.07) is 0. The highest BCUT2D eigenvalue weighted by Gasteiger charge is 2.44. The zero-order chi connectivity index (χ0) is 13.0. The van der Waals surface area contributed by atoms with E-state index in [4.69, 9.17) is 24.8 Å². The molecular weight excluding hydrogens is 236 g/mol. The average molecular weight is 254 g/mol. The van der Waals surface area contributed by atoms with Crippen molar-refractivity contribution in [1.29, 1.82) is 0 Å². The van der Waals surface area contributed by atoms with Gasteiger partial charge < -0.3 is 40.1 Å². The van der Waals surface area contributed by atoms with Crippen LogP contribution in [0.4, 0.5) is 0 Å². The minimum atomic E-state index is -1.53. The lowest BCUT2D eigenvalue weighted by Crippen LogP contribution is -2.59. The van der Waals surface area contributed by atoms with Crippen molar-refractivity contribution in [2.75, 3.05) is 19.8 Å². The van der Waals surface area contributed by atoms with Crippen LogP contribution in [0, 0.1) is 0 Å². The van der Waals surface area contributed by atoms with Crippen LogP contribution in [0.1, 0.15) is 0 Å². The minimum absolute atomic E-state index is 0.324. The van der Waals surface area contributed by atoms with Crippen molar-refractivity contribution in [2.24, 2.45) is 0 Å². The molecule has 6 N–H and O–H groups in total. The summed E-state index contributed by atoms with van der Waals surface area (Å²) < 4.78 is 9.77. The van der Waals surface area contributed by atoms with E-state index < -0.39 is 50.0 Å². The molecule has 1 aliphatic rings. The molecule has 1 fully saturated rings. The number of hydrogen-bond donors (Lipinski definition) is 6. The number of rotatable bonds is 5. The first kappa shape index (κ1) is 14.7. The molecule has 8 heteroatoms. The molecular formula is C9H18O8. The third-order valence-corrected chi connectivity index (χ3v) is 2.53. The Morgan fingerprint density at radius 3 is 2.29 bits per heavy atom. The zero-order valence-corrected chi connectivity index (χ0v) is 9.09. The normalized spacial score (nSPS) is 40.2. The highest BCUT2D eigenvalue weighted by atomic mass is 16.7. The molecule has 0 spiro atoms. The van der Waals surface area contributed by atoms with E-state index in [1.807, 2.05) is 0 Å². The summed E-state index contributed by atoms with van der Waals surface area (Å²) in [5.74, 6) is 0. The maximum absolute atomic E-state index is 9.62. The SMILES string of the molecule is OCC(O)CO[C@@H]1[C@@H](O)[C@@H](O)[C@@H](CO)O[C@@H]1O. The van der Waals surface area contributed by atoms with Crippen LogP contribution in [0.25, 0.3) is 0 Å². The molecule has 102 valence electrons. The third kappa shape index (κ3) is 3.57. The molecule has 0 aromatic rings. The van der Waals surface area contributed by atoms with Gasteiger partial charge in [-0.15, -0.1) is 0 Å². The van der Waals surface area contributed by atoms with Crippen LogP contribution in [0.15, 0.2) is 0 Å². The van der Waals surface area contributed by atoms with Gasteiger partial charge in [0.25, 0.3) is 0 Å². The number of ether oxygens (including phenoxy) is 2. The molecule has 6 atom stereocenters. The van der Waals surface area contributed by atoms with Crippen molar-refractivity contribution in [3.63, 3.8) is 0 Å². The number of aliphatic hydroxyl groups is 6. The largest absolute Gasteiger partial charge is 0.394 e. The molecule has 0 saturated carbocycles. The molecule has 0 radical (unpaired) electrons. The Morgan fingerprint density at radius 1 is 1.12 bits per heavy atom. The fraction of sp³-hybridized carbons (Fsp3) is 1.00. The van der Waals surface area contributed by atoms with E-state index in [0.29, 0.717) is 0 Å². The third-order valence-electron chi connectivity index (χ3n) is 2.53. The van der Waals surface area contributed by atoms with Crippen molar-refractivity contribution in [1.82, 2.24) is 0 Å². The summed E-state index contributed by atoms with van der Waals surface area (Å²) in [4.78, 5) is 0. The average Bonchev–Trinajstić information content (AvgIpc) is 2.33. The van der Waals surface area contributed by atoms with E-state index in [2.05, 4.69) is 0 Å². The summed E-state index contributed by atoms with van der Waals surface area (Å²) in [6.45, 7) is -1.40. The van der Waals surface area contributed by atoms with Gasteiger partial charge in [0.05, 0.1) is 19.8 Å². The predicted molar refractivity (Wildman–Crippen MR) is 52.8 cm³/mol. The molecule has 1 heterocycles. The van der Waals surface area contributed by atoms with Crippen LogP contribution < -0.4 is 0 Å². The van der Waals surface area contributed by atoms with Crippen molar-refractivity contribution in [2.45, 2.75) is 36.8 Å². The van der Waals surface area contributed by atoms with Crippen LogP contribution in [0.2, 0.25) is 0 Å². The van der Waals surface area contributed by atoms with Gasteiger partial charge >= 0.3 is 0 Å². The summed E-state index contributed by atoms with van der Waals surface area (Å²) in [7, 11) is 0. The van der Waals surface area contributed by atoms with Gasteiger partial charge in [-0.25, -0.2) is 0 Å². The van der Waals surface area contributed by atoms with Gasteiger partial charge in [0.1, 0.15) is 30.5 Å². The Labute approximate surface area is 97.6 Å². The van der Waals surface area contributed by atoms with Gasteiger partial charge in [-0.1, -0.05) is 0 Å². The fourth-order valence-corrected chi connectivity index (χ4v) is 1.53. The maximum atomic E-state index is 9.62. The summed E-state index contributed by atoms with van der Waals surface area (Å²) in [5, 5.41) is 55.0. The van der Waals surface area contributed by atoms with Crippen LogP contribution in [-0.4, -0.2) is 87.3 Å². The Morgan fingerprint density at radius 2 is 1.76 bits per heavy atom. The predicted octanol–water partition coefficient (Wildman–Crippen LogP) is -3.84. The van der Waals surface area contributed by atoms with E-state index in [9.17, 15) is 15.3 Å². The lowest BCUT2D eigenvalue weighted by Gasteiger charge is -2.39. The standard InChI is InChI=1S/C9H18O8/c10-1-4(12)3-16-8-7(14)6(13)5(2-11)17-9(8)15/h4-15H,1-3H2/t4?,5-,6+,7+,8-,9+/m1/s1. The highest BCUT2D eigenvalue weighted by Crippen LogP contribution is 2.22. The van der Waals surface area contributed by atoms with E-state index in [0.717, 1.165) is 0 Å². The summed E-state index contributed by atoms with van der Waals surface area (Å²) >= 11 is 0. The van der Waals surface area contributed by atoms with Gasteiger partial charge in [-0.05, 0) is 0 Å². The highest BCUT2D eigenvalue weighted by molar-refractivity contribution is 4.89. The second-order valence-electron chi connectivity index (χ2n) is 3.86. The molecule has 0 amide bonds. The molecule has 1 saturated heterocycles. The van der Waals surface area contributed by atoms with Crippen LogP contribution in [0.3, 0.4) is 0 Å². The Hall–Kier alpha value is -0.320. The van der Waals surface area contributed by atoms with E-state index in [1.165, 1.54) is 0 Å².